The van der Waals surface area contributed by atoms with Crippen LogP contribution >= 0.6 is 35.6 Å². The molecule has 0 fully saturated rings. The lowest BCUT2D eigenvalue weighted by Gasteiger charge is -2.14. The van der Waals surface area contributed by atoms with E-state index in [4.69, 9.17) is 32.5 Å². The first-order valence-corrected chi connectivity index (χ1v) is 10.3. The lowest BCUT2D eigenvalue weighted by Crippen LogP contribution is -2.11. The van der Waals surface area contributed by atoms with Gasteiger partial charge in [0, 0.05) is 11.1 Å². The molecule has 2 aromatic carbocycles. The highest BCUT2D eigenvalue weighted by atomic mass is 35.5. The Morgan fingerprint density at radius 3 is 2.16 bits per heavy atom. The van der Waals surface area contributed by atoms with Crippen molar-refractivity contribution in [3.8, 4) is 11.5 Å². The van der Waals surface area contributed by atoms with Crippen LogP contribution in [-0.2, 0) is 20.1 Å². The van der Waals surface area contributed by atoms with E-state index in [2.05, 4.69) is 4.72 Å². The maximum Gasteiger partial charge on any atom is 0.294 e. The van der Waals surface area contributed by atoms with Crippen molar-refractivity contribution in [3.63, 3.8) is 0 Å². The van der Waals surface area contributed by atoms with Crippen molar-refractivity contribution < 1.29 is 26.1 Å². The molecule has 0 saturated carbocycles. The first kappa shape index (κ1) is 21.8. The third kappa shape index (κ3) is 6.21. The lowest BCUT2D eigenvalue weighted by molar-refractivity contribution is 0.473. The minimum atomic E-state index is -4.51. The van der Waals surface area contributed by atoms with Crippen molar-refractivity contribution in [2.45, 2.75) is 4.90 Å². The fourth-order valence-electron chi connectivity index (χ4n) is 1.71. The Morgan fingerprint density at radius 1 is 1.00 bits per heavy atom. The van der Waals surface area contributed by atoms with Crippen LogP contribution in [0.2, 0.25) is 10.0 Å². The van der Waals surface area contributed by atoms with Gasteiger partial charge in [-0.3, -0.25) is 9.27 Å². The van der Waals surface area contributed by atoms with E-state index >= 15 is 0 Å². The number of hydrogen-bond acceptors (Lipinski definition) is 5. The molecule has 0 bridgehead atoms. The first-order chi connectivity index (χ1) is 11.0. The Balaban J connectivity index is 0.00000312. The number of nitrogens with one attached hydrogen (secondary N) is 1. The van der Waals surface area contributed by atoms with Gasteiger partial charge in [-0.05, 0) is 30.3 Å². The molecule has 138 valence electrons. The number of benzene rings is 2. The summed E-state index contributed by atoms with van der Waals surface area (Å²) in [6, 6.07) is 7.44. The molecular weight excluding hydrogens is 437 g/mol. The van der Waals surface area contributed by atoms with E-state index in [0.717, 1.165) is 24.5 Å². The standard InChI is InChI=1S/C13H11Cl2NO6S2.ClH/c1-23(17,18)16-11-4-3-9(24(19,20)21)7-13(11)22-12-5-2-8(14)6-10(12)15;/h2-7,16H,1H3,(H,19,20,21);1H. The monoisotopic (exact) mass is 447 g/mol. The highest BCUT2D eigenvalue weighted by molar-refractivity contribution is 7.92. The minimum Gasteiger partial charge on any atom is -0.454 e. The number of sulfonamides is 1. The van der Waals surface area contributed by atoms with E-state index in [1.807, 2.05) is 0 Å². The zero-order chi connectivity index (χ0) is 18.1. The minimum absolute atomic E-state index is 0. The molecule has 0 amide bonds. The van der Waals surface area contributed by atoms with Crippen LogP contribution in [0.1, 0.15) is 0 Å². The van der Waals surface area contributed by atoms with Crippen LogP contribution < -0.4 is 9.46 Å². The molecule has 0 aliphatic carbocycles. The zero-order valence-corrected chi connectivity index (χ0v) is 16.4. The van der Waals surface area contributed by atoms with E-state index < -0.39 is 25.0 Å². The highest BCUT2D eigenvalue weighted by Gasteiger charge is 2.17. The van der Waals surface area contributed by atoms with Gasteiger partial charge in [0.25, 0.3) is 10.1 Å². The normalized spacial score (nSPS) is 11.5. The maximum atomic E-state index is 11.4. The Labute approximate surface area is 161 Å². The van der Waals surface area contributed by atoms with E-state index in [1.54, 1.807) is 0 Å². The molecule has 0 aliphatic heterocycles. The fraction of sp³-hybridized carbons (Fsp3) is 0.0769. The van der Waals surface area contributed by atoms with E-state index in [1.165, 1.54) is 18.2 Å². The van der Waals surface area contributed by atoms with Crippen LogP contribution in [0.15, 0.2) is 41.3 Å². The number of rotatable bonds is 5. The Hall–Kier alpha value is -1.23. The molecule has 2 aromatic rings. The average Bonchev–Trinajstić information content (AvgIpc) is 2.40. The summed E-state index contributed by atoms with van der Waals surface area (Å²) in [4.78, 5) is -0.471. The largest absolute Gasteiger partial charge is 0.454 e. The molecule has 0 heterocycles. The summed E-state index contributed by atoms with van der Waals surface area (Å²) in [5.74, 6) is -0.0510. The molecule has 0 spiro atoms. The second-order valence-corrected chi connectivity index (χ2v) is 8.70. The third-order valence-corrected chi connectivity index (χ3v) is 4.63. The molecule has 12 heteroatoms. The number of halogens is 3. The molecule has 7 nitrogen and oxygen atoms in total. The number of anilines is 1. The van der Waals surface area contributed by atoms with Gasteiger partial charge in [-0.25, -0.2) is 8.42 Å². The van der Waals surface area contributed by atoms with Crippen LogP contribution in [0.3, 0.4) is 0 Å². The van der Waals surface area contributed by atoms with E-state index in [-0.39, 0.29) is 34.6 Å². The predicted molar refractivity (Wildman–Crippen MR) is 98.5 cm³/mol. The lowest BCUT2D eigenvalue weighted by atomic mass is 10.3. The molecule has 2 N–H and O–H groups in total. The van der Waals surface area contributed by atoms with E-state index in [0.29, 0.717) is 5.02 Å². The molecule has 0 aliphatic rings. The van der Waals surface area contributed by atoms with Gasteiger partial charge >= 0.3 is 0 Å². The highest BCUT2D eigenvalue weighted by Crippen LogP contribution is 2.36. The molecule has 2 rings (SSSR count). The number of hydrogen-bond donors (Lipinski definition) is 2. The van der Waals surface area contributed by atoms with Gasteiger partial charge in [-0.2, -0.15) is 8.42 Å². The third-order valence-electron chi connectivity index (χ3n) is 2.66. The summed E-state index contributed by atoms with van der Waals surface area (Å²) in [5, 5.41) is 0.485. The van der Waals surface area contributed by atoms with Crippen molar-refractivity contribution in [2.75, 3.05) is 11.0 Å². The number of ether oxygens (including phenoxy) is 1. The average molecular weight is 449 g/mol. The van der Waals surface area contributed by atoms with Crippen molar-refractivity contribution in [3.05, 3.63) is 46.4 Å². The van der Waals surface area contributed by atoms with Crippen LogP contribution in [0.25, 0.3) is 0 Å². The molecular formula is C13H12Cl3NO6S2. The summed E-state index contributed by atoms with van der Waals surface area (Å²) < 4.78 is 62.2. The molecule has 0 radical (unpaired) electrons. The molecule has 0 atom stereocenters. The van der Waals surface area contributed by atoms with Gasteiger partial charge in [0.05, 0.1) is 21.9 Å². The van der Waals surface area contributed by atoms with E-state index in [9.17, 15) is 16.8 Å². The summed E-state index contributed by atoms with van der Waals surface area (Å²) in [5.41, 5.74) is -0.0316. The van der Waals surface area contributed by atoms with Crippen LogP contribution in [0, 0.1) is 0 Å². The van der Waals surface area contributed by atoms with Gasteiger partial charge in [-0.1, -0.05) is 23.2 Å². The molecule has 0 saturated heterocycles. The summed E-state index contributed by atoms with van der Waals surface area (Å²) >= 11 is 11.8. The maximum absolute atomic E-state index is 11.4. The predicted octanol–water partition coefficient (Wildman–Crippen LogP) is 3.83. The van der Waals surface area contributed by atoms with Gasteiger partial charge in [0.2, 0.25) is 10.0 Å². The summed E-state index contributed by atoms with van der Waals surface area (Å²) in [6.07, 6.45) is 0.919. The summed E-state index contributed by atoms with van der Waals surface area (Å²) in [6.45, 7) is 0. The molecule has 0 unspecified atom stereocenters. The smallest absolute Gasteiger partial charge is 0.294 e. The Kier molecular flexibility index (Phi) is 6.96. The van der Waals surface area contributed by atoms with Crippen LogP contribution in [-0.4, -0.2) is 27.6 Å². The van der Waals surface area contributed by atoms with Crippen LogP contribution in [0.5, 0.6) is 11.5 Å². The van der Waals surface area contributed by atoms with Gasteiger partial charge in [-0.15, -0.1) is 12.4 Å². The first-order valence-electron chi connectivity index (χ1n) is 6.18. The Morgan fingerprint density at radius 2 is 1.64 bits per heavy atom. The van der Waals surface area contributed by atoms with Crippen molar-refractivity contribution in [1.29, 1.82) is 0 Å². The second kappa shape index (κ2) is 7.98. The fourth-order valence-corrected chi connectivity index (χ4v) is 3.22. The van der Waals surface area contributed by atoms with Gasteiger partial charge in [0.15, 0.2) is 5.75 Å². The quantitative estimate of drug-likeness (QED) is 0.673. The molecule has 25 heavy (non-hydrogen) atoms. The van der Waals surface area contributed by atoms with Gasteiger partial charge < -0.3 is 4.74 Å². The van der Waals surface area contributed by atoms with Crippen LogP contribution in [0.4, 0.5) is 5.69 Å². The molecule has 0 aromatic heterocycles. The van der Waals surface area contributed by atoms with Crippen molar-refractivity contribution >= 4 is 61.4 Å². The van der Waals surface area contributed by atoms with Gasteiger partial charge in [0.1, 0.15) is 5.75 Å². The topological polar surface area (TPSA) is 110 Å². The zero-order valence-electron chi connectivity index (χ0n) is 12.4. The second-order valence-electron chi connectivity index (χ2n) is 4.68. The van der Waals surface area contributed by atoms with Crippen molar-refractivity contribution in [2.24, 2.45) is 0 Å². The summed E-state index contributed by atoms with van der Waals surface area (Å²) in [7, 11) is -8.16. The van der Waals surface area contributed by atoms with Crippen molar-refractivity contribution in [1.82, 2.24) is 0 Å². The Bertz CT molecular complexity index is 993. The SMILES string of the molecule is CS(=O)(=O)Nc1ccc(S(=O)(=O)O)cc1Oc1ccc(Cl)cc1Cl.Cl.